The maximum absolute atomic E-state index is 9.52. The van der Waals surface area contributed by atoms with Crippen molar-refractivity contribution >= 4 is 11.8 Å². The van der Waals surface area contributed by atoms with E-state index in [4.69, 9.17) is 4.74 Å². The molecule has 3 nitrogen and oxygen atoms in total. The topological polar surface area (TPSA) is 41.5 Å². The molecule has 0 spiro atoms. The van der Waals surface area contributed by atoms with Crippen molar-refractivity contribution in [3.63, 3.8) is 0 Å². The van der Waals surface area contributed by atoms with Crippen LogP contribution in [0.25, 0.3) is 0 Å². The first kappa shape index (κ1) is 12.3. The van der Waals surface area contributed by atoms with E-state index in [1.807, 2.05) is 18.7 Å². The second kappa shape index (κ2) is 7.51. The molecule has 1 fully saturated rings. The maximum atomic E-state index is 9.52. The molecule has 0 amide bonds. The molecule has 4 heteroatoms. The molecule has 1 rings (SSSR count). The fraction of sp³-hybridized carbons (Fsp3) is 1.00. The largest absolute Gasteiger partial charge is 0.389 e. The zero-order valence-corrected chi connectivity index (χ0v) is 9.68. The second-order valence-corrected chi connectivity index (χ2v) is 4.83. The highest BCUT2D eigenvalue weighted by Crippen LogP contribution is 2.16. The second-order valence-electron chi connectivity index (χ2n) is 3.61. The molecule has 14 heavy (non-hydrogen) atoms. The van der Waals surface area contributed by atoms with Gasteiger partial charge in [-0.15, -0.1) is 0 Å². The lowest BCUT2D eigenvalue weighted by Gasteiger charge is -2.23. The molecule has 1 heterocycles. The summed E-state index contributed by atoms with van der Waals surface area (Å²) < 4.78 is 5.14. The molecule has 1 unspecified atom stereocenters. The van der Waals surface area contributed by atoms with Crippen LogP contribution in [-0.2, 0) is 4.74 Å². The molecule has 0 aromatic carbocycles. The molecule has 0 saturated carbocycles. The molecule has 1 aliphatic rings. The van der Waals surface area contributed by atoms with Gasteiger partial charge in [0.2, 0.25) is 0 Å². The van der Waals surface area contributed by atoms with Crippen LogP contribution in [0.1, 0.15) is 19.8 Å². The quantitative estimate of drug-likeness (QED) is 0.695. The summed E-state index contributed by atoms with van der Waals surface area (Å²) in [4.78, 5) is 0. The number of hydrogen-bond acceptors (Lipinski definition) is 4. The smallest absolute Gasteiger partial charge is 0.0897 e. The number of thioether (sulfide) groups is 1. The Bertz CT molecular complexity index is 140. The standard InChI is InChI=1S/C10H21NO2S/c1-2-13-8-10(12)7-11-9-3-5-14-6-4-9/h9-12H,2-8H2,1H3. The molecule has 0 aliphatic carbocycles. The van der Waals surface area contributed by atoms with Gasteiger partial charge >= 0.3 is 0 Å². The summed E-state index contributed by atoms with van der Waals surface area (Å²) in [5.41, 5.74) is 0. The average molecular weight is 219 g/mol. The number of rotatable bonds is 6. The van der Waals surface area contributed by atoms with E-state index in [1.54, 1.807) is 0 Å². The van der Waals surface area contributed by atoms with Gasteiger partial charge in [-0.2, -0.15) is 11.8 Å². The fourth-order valence-electron chi connectivity index (χ4n) is 1.52. The van der Waals surface area contributed by atoms with Crippen LogP contribution in [0.3, 0.4) is 0 Å². The first-order valence-corrected chi connectivity index (χ1v) is 6.55. The van der Waals surface area contributed by atoms with Crippen molar-refractivity contribution in [2.75, 3.05) is 31.3 Å². The number of ether oxygens (including phenoxy) is 1. The normalized spacial score (nSPS) is 21.0. The van der Waals surface area contributed by atoms with Crippen LogP contribution < -0.4 is 5.32 Å². The maximum Gasteiger partial charge on any atom is 0.0897 e. The van der Waals surface area contributed by atoms with Crippen molar-refractivity contribution < 1.29 is 9.84 Å². The van der Waals surface area contributed by atoms with Crippen LogP contribution in [0.15, 0.2) is 0 Å². The molecule has 0 aromatic rings. The van der Waals surface area contributed by atoms with Gasteiger partial charge in [-0.3, -0.25) is 0 Å². The van der Waals surface area contributed by atoms with Gasteiger partial charge in [0, 0.05) is 19.2 Å². The van der Waals surface area contributed by atoms with Crippen LogP contribution in [0, 0.1) is 0 Å². The molecule has 0 bridgehead atoms. The minimum atomic E-state index is -0.357. The van der Waals surface area contributed by atoms with E-state index in [-0.39, 0.29) is 6.10 Å². The van der Waals surface area contributed by atoms with E-state index < -0.39 is 0 Å². The van der Waals surface area contributed by atoms with E-state index in [1.165, 1.54) is 24.3 Å². The molecule has 1 aliphatic heterocycles. The molecular formula is C10H21NO2S. The average Bonchev–Trinajstić information content (AvgIpc) is 2.25. The fourth-order valence-corrected chi connectivity index (χ4v) is 2.62. The van der Waals surface area contributed by atoms with Gasteiger partial charge in [-0.1, -0.05) is 0 Å². The van der Waals surface area contributed by atoms with Gasteiger partial charge in [0.15, 0.2) is 0 Å². The highest BCUT2D eigenvalue weighted by atomic mass is 32.2. The highest BCUT2D eigenvalue weighted by molar-refractivity contribution is 7.99. The van der Waals surface area contributed by atoms with Crippen molar-refractivity contribution in [3.8, 4) is 0 Å². The zero-order chi connectivity index (χ0) is 10.2. The lowest BCUT2D eigenvalue weighted by atomic mass is 10.1. The molecule has 0 aromatic heterocycles. The van der Waals surface area contributed by atoms with Crippen molar-refractivity contribution in [3.05, 3.63) is 0 Å². The Kier molecular flexibility index (Phi) is 6.60. The zero-order valence-electron chi connectivity index (χ0n) is 8.87. The third-order valence-electron chi connectivity index (χ3n) is 2.38. The Morgan fingerprint density at radius 2 is 2.21 bits per heavy atom. The Hall–Kier alpha value is 0.230. The van der Waals surface area contributed by atoms with Gasteiger partial charge in [0.05, 0.1) is 12.7 Å². The van der Waals surface area contributed by atoms with E-state index in [9.17, 15) is 5.11 Å². The predicted molar refractivity (Wildman–Crippen MR) is 60.8 cm³/mol. The van der Waals surface area contributed by atoms with Crippen LogP contribution in [0.4, 0.5) is 0 Å². The number of nitrogens with one attached hydrogen (secondary N) is 1. The summed E-state index contributed by atoms with van der Waals surface area (Å²) in [6, 6.07) is 0.604. The minimum Gasteiger partial charge on any atom is -0.389 e. The molecule has 0 radical (unpaired) electrons. The van der Waals surface area contributed by atoms with Crippen molar-refractivity contribution in [2.45, 2.75) is 31.9 Å². The lowest BCUT2D eigenvalue weighted by Crippen LogP contribution is -2.39. The summed E-state index contributed by atoms with van der Waals surface area (Å²) in [6.45, 7) is 3.73. The van der Waals surface area contributed by atoms with Crippen LogP contribution >= 0.6 is 11.8 Å². The Morgan fingerprint density at radius 1 is 1.50 bits per heavy atom. The Labute approximate surface area is 90.6 Å². The van der Waals surface area contributed by atoms with E-state index in [0.717, 1.165) is 0 Å². The summed E-state index contributed by atoms with van der Waals surface area (Å²) in [6.07, 6.45) is 2.10. The first-order chi connectivity index (χ1) is 6.83. The highest BCUT2D eigenvalue weighted by Gasteiger charge is 2.14. The molecule has 1 saturated heterocycles. The third kappa shape index (κ3) is 5.20. The minimum absolute atomic E-state index is 0.357. The number of aliphatic hydroxyl groups excluding tert-OH is 1. The first-order valence-electron chi connectivity index (χ1n) is 5.40. The third-order valence-corrected chi connectivity index (χ3v) is 3.43. The van der Waals surface area contributed by atoms with Crippen LogP contribution in [0.5, 0.6) is 0 Å². The van der Waals surface area contributed by atoms with Crippen LogP contribution in [0.2, 0.25) is 0 Å². The van der Waals surface area contributed by atoms with E-state index >= 15 is 0 Å². The van der Waals surface area contributed by atoms with Gasteiger partial charge in [0.1, 0.15) is 0 Å². The van der Waals surface area contributed by atoms with Crippen LogP contribution in [-0.4, -0.2) is 48.5 Å². The van der Waals surface area contributed by atoms with Crippen molar-refractivity contribution in [2.24, 2.45) is 0 Å². The summed E-state index contributed by atoms with van der Waals surface area (Å²) in [5.74, 6) is 2.50. The lowest BCUT2D eigenvalue weighted by molar-refractivity contribution is 0.0412. The number of aliphatic hydroxyl groups is 1. The van der Waals surface area contributed by atoms with Gasteiger partial charge < -0.3 is 15.2 Å². The predicted octanol–water partition coefficient (Wildman–Crippen LogP) is 0.869. The van der Waals surface area contributed by atoms with E-state index in [0.29, 0.717) is 25.8 Å². The van der Waals surface area contributed by atoms with Gasteiger partial charge in [-0.25, -0.2) is 0 Å². The SMILES string of the molecule is CCOCC(O)CNC1CCSCC1. The van der Waals surface area contributed by atoms with E-state index in [2.05, 4.69) is 5.32 Å². The van der Waals surface area contributed by atoms with Gasteiger partial charge in [-0.05, 0) is 31.3 Å². The molecule has 84 valence electrons. The van der Waals surface area contributed by atoms with Crippen molar-refractivity contribution in [1.29, 1.82) is 0 Å². The van der Waals surface area contributed by atoms with Gasteiger partial charge in [0.25, 0.3) is 0 Å². The number of hydrogen-bond donors (Lipinski definition) is 2. The summed E-state index contributed by atoms with van der Waals surface area (Å²) >= 11 is 2.02. The Morgan fingerprint density at radius 3 is 2.86 bits per heavy atom. The molecule has 1 atom stereocenters. The summed E-state index contributed by atoms with van der Waals surface area (Å²) in [5, 5.41) is 12.9. The molecular weight excluding hydrogens is 198 g/mol. The summed E-state index contributed by atoms with van der Waals surface area (Å²) in [7, 11) is 0. The monoisotopic (exact) mass is 219 g/mol. The van der Waals surface area contributed by atoms with Crippen molar-refractivity contribution in [1.82, 2.24) is 5.32 Å². The Balaban J connectivity index is 2.00. The molecule has 2 N–H and O–H groups in total.